The van der Waals surface area contributed by atoms with Crippen LogP contribution in [0, 0.1) is 18.6 Å². The molecule has 0 fully saturated rings. The Bertz CT molecular complexity index is 617. The second-order valence-electron chi connectivity index (χ2n) is 3.99. The van der Waals surface area contributed by atoms with E-state index in [0.717, 1.165) is 17.8 Å². The molecule has 3 nitrogen and oxygen atoms in total. The van der Waals surface area contributed by atoms with Crippen LogP contribution in [-0.2, 0) is 6.42 Å². The number of rotatable bonds is 3. The highest BCUT2D eigenvalue weighted by atomic mass is 32.2. The van der Waals surface area contributed by atoms with Crippen LogP contribution in [0.4, 0.5) is 14.6 Å². The lowest BCUT2D eigenvalue weighted by Crippen LogP contribution is -2.03. The van der Waals surface area contributed by atoms with E-state index in [2.05, 4.69) is 9.97 Å². The van der Waals surface area contributed by atoms with Crippen LogP contribution in [0.5, 0.6) is 0 Å². The highest BCUT2D eigenvalue weighted by Crippen LogP contribution is 2.32. The number of aromatic nitrogens is 2. The van der Waals surface area contributed by atoms with Gasteiger partial charge in [-0.15, -0.1) is 0 Å². The molecule has 0 radical (unpaired) electrons. The van der Waals surface area contributed by atoms with Gasteiger partial charge in [0.1, 0.15) is 28.3 Å². The summed E-state index contributed by atoms with van der Waals surface area (Å²) >= 11 is 1.12. The van der Waals surface area contributed by atoms with Crippen molar-refractivity contribution in [2.45, 2.75) is 30.2 Å². The van der Waals surface area contributed by atoms with E-state index in [0.29, 0.717) is 33.5 Å². The minimum Gasteiger partial charge on any atom is -0.383 e. The molecule has 0 amide bonds. The van der Waals surface area contributed by atoms with E-state index in [1.807, 2.05) is 6.92 Å². The van der Waals surface area contributed by atoms with Crippen molar-refractivity contribution in [1.29, 1.82) is 0 Å². The molecule has 0 bridgehead atoms. The molecule has 2 aromatic rings. The van der Waals surface area contributed by atoms with Gasteiger partial charge in [-0.3, -0.25) is 0 Å². The number of nitrogens with two attached hydrogens (primary N) is 1. The molecule has 0 unspecified atom stereocenters. The summed E-state index contributed by atoms with van der Waals surface area (Å²) < 4.78 is 26.5. The fourth-order valence-electron chi connectivity index (χ4n) is 1.48. The third kappa shape index (κ3) is 3.01. The standard InChI is InChI=1S/C13H13F2N3S/c1-3-11-17-12(16)7(2)13(18-11)19-10-5-4-8(14)6-9(10)15/h4-6H,3H2,1-2H3,(H2,16,17,18). The second kappa shape index (κ2) is 5.52. The van der Waals surface area contributed by atoms with Crippen LogP contribution in [0.2, 0.25) is 0 Å². The van der Waals surface area contributed by atoms with E-state index in [4.69, 9.17) is 5.73 Å². The minimum atomic E-state index is -0.611. The van der Waals surface area contributed by atoms with E-state index in [1.165, 1.54) is 12.1 Å². The molecule has 0 saturated carbocycles. The molecule has 0 aliphatic carbocycles. The van der Waals surface area contributed by atoms with Gasteiger partial charge in [-0.2, -0.15) is 0 Å². The summed E-state index contributed by atoms with van der Waals surface area (Å²) in [5.74, 6) is -0.223. The van der Waals surface area contributed by atoms with Crippen LogP contribution < -0.4 is 5.73 Å². The van der Waals surface area contributed by atoms with E-state index in [-0.39, 0.29) is 0 Å². The van der Waals surface area contributed by atoms with Gasteiger partial charge in [-0.25, -0.2) is 18.7 Å². The maximum absolute atomic E-state index is 13.6. The van der Waals surface area contributed by atoms with Crippen molar-refractivity contribution >= 4 is 17.6 Å². The highest BCUT2D eigenvalue weighted by molar-refractivity contribution is 7.99. The predicted octanol–water partition coefficient (Wildman–Crippen LogP) is 3.36. The predicted molar refractivity (Wildman–Crippen MR) is 71.0 cm³/mol. The van der Waals surface area contributed by atoms with Crippen molar-refractivity contribution < 1.29 is 8.78 Å². The third-order valence-electron chi connectivity index (χ3n) is 2.60. The van der Waals surface area contributed by atoms with Crippen molar-refractivity contribution in [2.75, 3.05) is 5.73 Å². The molecular formula is C13H13F2N3S. The highest BCUT2D eigenvalue weighted by Gasteiger charge is 2.12. The lowest BCUT2D eigenvalue weighted by Gasteiger charge is -2.09. The smallest absolute Gasteiger partial charge is 0.140 e. The minimum absolute atomic E-state index is 0.310. The molecule has 0 saturated heterocycles. The van der Waals surface area contributed by atoms with Crippen LogP contribution in [0.3, 0.4) is 0 Å². The van der Waals surface area contributed by atoms with Gasteiger partial charge in [0.2, 0.25) is 0 Å². The van der Waals surface area contributed by atoms with Gasteiger partial charge in [0.15, 0.2) is 0 Å². The van der Waals surface area contributed by atoms with Gasteiger partial charge in [0.05, 0.1) is 0 Å². The molecular weight excluding hydrogens is 268 g/mol. The zero-order valence-corrected chi connectivity index (χ0v) is 11.4. The molecule has 1 aromatic heterocycles. The number of hydrogen-bond acceptors (Lipinski definition) is 4. The Morgan fingerprint density at radius 2 is 2.00 bits per heavy atom. The molecule has 0 spiro atoms. The molecule has 19 heavy (non-hydrogen) atoms. The fourth-order valence-corrected chi connectivity index (χ4v) is 2.39. The summed E-state index contributed by atoms with van der Waals surface area (Å²) in [7, 11) is 0. The summed E-state index contributed by atoms with van der Waals surface area (Å²) in [6, 6.07) is 3.45. The van der Waals surface area contributed by atoms with Crippen LogP contribution >= 0.6 is 11.8 Å². The Hall–Kier alpha value is -1.69. The number of nitrogen functional groups attached to an aromatic ring is 1. The summed E-state index contributed by atoms with van der Waals surface area (Å²) in [4.78, 5) is 8.76. The number of nitrogens with zero attached hydrogens (tertiary/aromatic N) is 2. The molecule has 2 N–H and O–H groups in total. The van der Waals surface area contributed by atoms with Crippen molar-refractivity contribution in [1.82, 2.24) is 9.97 Å². The number of hydrogen-bond donors (Lipinski definition) is 1. The molecule has 0 aliphatic rings. The first-order valence-electron chi connectivity index (χ1n) is 5.77. The van der Waals surface area contributed by atoms with Crippen LogP contribution in [-0.4, -0.2) is 9.97 Å². The average molecular weight is 281 g/mol. The first-order chi connectivity index (χ1) is 9.01. The summed E-state index contributed by atoms with van der Waals surface area (Å²) in [6.45, 7) is 3.69. The van der Waals surface area contributed by atoms with Gasteiger partial charge in [0, 0.05) is 22.9 Å². The van der Waals surface area contributed by atoms with Crippen molar-refractivity contribution in [2.24, 2.45) is 0 Å². The quantitative estimate of drug-likeness (QED) is 0.876. The summed E-state index contributed by atoms with van der Waals surface area (Å²) in [5.41, 5.74) is 6.49. The lowest BCUT2D eigenvalue weighted by atomic mass is 10.3. The number of halogens is 2. The van der Waals surface area contributed by atoms with Gasteiger partial charge in [-0.05, 0) is 19.1 Å². The monoisotopic (exact) mass is 281 g/mol. The zero-order valence-electron chi connectivity index (χ0n) is 10.6. The van der Waals surface area contributed by atoms with Crippen LogP contribution in [0.15, 0.2) is 28.1 Å². The van der Waals surface area contributed by atoms with Crippen LogP contribution in [0.1, 0.15) is 18.3 Å². The van der Waals surface area contributed by atoms with Crippen molar-refractivity contribution in [3.8, 4) is 0 Å². The van der Waals surface area contributed by atoms with Crippen molar-refractivity contribution in [3.05, 3.63) is 41.2 Å². The van der Waals surface area contributed by atoms with E-state index in [1.54, 1.807) is 6.92 Å². The maximum atomic E-state index is 13.6. The maximum Gasteiger partial charge on any atom is 0.140 e. The lowest BCUT2D eigenvalue weighted by molar-refractivity contribution is 0.565. The number of aryl methyl sites for hydroxylation is 1. The Morgan fingerprint density at radius 3 is 2.63 bits per heavy atom. The first-order valence-corrected chi connectivity index (χ1v) is 6.58. The Kier molecular flexibility index (Phi) is 3.99. The van der Waals surface area contributed by atoms with E-state index < -0.39 is 11.6 Å². The molecule has 0 atom stereocenters. The SMILES string of the molecule is CCc1nc(N)c(C)c(Sc2ccc(F)cc2F)n1. The van der Waals surface area contributed by atoms with Crippen LogP contribution in [0.25, 0.3) is 0 Å². The second-order valence-corrected chi connectivity index (χ2v) is 5.02. The van der Waals surface area contributed by atoms with Gasteiger partial charge < -0.3 is 5.73 Å². The average Bonchev–Trinajstić information content (AvgIpc) is 2.37. The van der Waals surface area contributed by atoms with Gasteiger partial charge in [-0.1, -0.05) is 18.7 Å². The third-order valence-corrected chi connectivity index (χ3v) is 3.74. The topological polar surface area (TPSA) is 51.8 Å². The fraction of sp³-hybridized carbons (Fsp3) is 0.231. The van der Waals surface area contributed by atoms with Gasteiger partial charge in [0.25, 0.3) is 0 Å². The summed E-state index contributed by atoms with van der Waals surface area (Å²) in [6.07, 6.45) is 0.643. The molecule has 6 heteroatoms. The Balaban J connectivity index is 2.40. The summed E-state index contributed by atoms with van der Waals surface area (Å²) in [5, 5.41) is 0.592. The zero-order chi connectivity index (χ0) is 14.0. The molecule has 0 aliphatic heterocycles. The molecule has 1 aromatic carbocycles. The molecule has 100 valence electrons. The normalized spacial score (nSPS) is 10.7. The first kappa shape index (κ1) is 13.7. The molecule has 2 rings (SSSR count). The Morgan fingerprint density at radius 1 is 1.26 bits per heavy atom. The number of benzene rings is 1. The molecule has 1 heterocycles. The van der Waals surface area contributed by atoms with Gasteiger partial charge >= 0.3 is 0 Å². The van der Waals surface area contributed by atoms with Crippen molar-refractivity contribution in [3.63, 3.8) is 0 Å². The number of anilines is 1. The largest absolute Gasteiger partial charge is 0.383 e. The van der Waals surface area contributed by atoms with E-state index >= 15 is 0 Å². The Labute approximate surface area is 114 Å². The van der Waals surface area contributed by atoms with E-state index in [9.17, 15) is 8.78 Å².